The minimum Gasteiger partial charge on any atom is -0.342 e. The predicted octanol–water partition coefficient (Wildman–Crippen LogP) is 2.30. The van der Waals surface area contributed by atoms with Crippen LogP contribution in [0.5, 0.6) is 0 Å². The van der Waals surface area contributed by atoms with Crippen LogP contribution in [0.25, 0.3) is 0 Å². The highest BCUT2D eigenvalue weighted by atomic mass is 35.5. The SMILES string of the molecule is CC1(C)C2CN(C(=O)[C@@]34CCCC[C@H]3CNC4)CC21.Cl. The van der Waals surface area contributed by atoms with Gasteiger partial charge in [0.25, 0.3) is 0 Å². The van der Waals surface area contributed by atoms with Gasteiger partial charge in [0.05, 0.1) is 5.41 Å². The van der Waals surface area contributed by atoms with Crippen molar-refractivity contribution in [2.24, 2.45) is 28.6 Å². The summed E-state index contributed by atoms with van der Waals surface area (Å²) < 4.78 is 0. The molecule has 4 atom stereocenters. The molecule has 0 radical (unpaired) electrons. The largest absolute Gasteiger partial charge is 0.342 e. The first-order valence-electron chi connectivity index (χ1n) is 8.06. The molecule has 2 unspecified atom stereocenters. The van der Waals surface area contributed by atoms with Crippen LogP contribution in [0.15, 0.2) is 0 Å². The molecule has 1 amide bonds. The summed E-state index contributed by atoms with van der Waals surface area (Å²) in [4.78, 5) is 15.3. The topological polar surface area (TPSA) is 32.3 Å². The molecule has 20 heavy (non-hydrogen) atoms. The molecule has 0 aromatic rings. The summed E-state index contributed by atoms with van der Waals surface area (Å²) in [7, 11) is 0. The number of hydrogen-bond acceptors (Lipinski definition) is 2. The highest BCUT2D eigenvalue weighted by Gasteiger charge is 2.64. The Bertz CT molecular complexity index is 411. The van der Waals surface area contributed by atoms with Gasteiger partial charge in [0, 0.05) is 19.6 Å². The van der Waals surface area contributed by atoms with Crippen molar-refractivity contribution in [2.75, 3.05) is 26.2 Å². The van der Waals surface area contributed by atoms with Crippen LogP contribution in [0.2, 0.25) is 0 Å². The van der Waals surface area contributed by atoms with E-state index in [9.17, 15) is 4.79 Å². The molecule has 2 saturated heterocycles. The summed E-state index contributed by atoms with van der Waals surface area (Å²) >= 11 is 0. The summed E-state index contributed by atoms with van der Waals surface area (Å²) in [5, 5.41) is 3.50. The average Bonchev–Trinajstić information content (AvgIpc) is 2.90. The van der Waals surface area contributed by atoms with Crippen LogP contribution < -0.4 is 5.32 Å². The molecule has 4 heteroatoms. The van der Waals surface area contributed by atoms with Crippen molar-refractivity contribution in [3.8, 4) is 0 Å². The molecular weight excluding hydrogens is 272 g/mol. The van der Waals surface area contributed by atoms with E-state index >= 15 is 0 Å². The van der Waals surface area contributed by atoms with Gasteiger partial charge < -0.3 is 10.2 Å². The van der Waals surface area contributed by atoms with Gasteiger partial charge in [-0.1, -0.05) is 26.7 Å². The van der Waals surface area contributed by atoms with Crippen molar-refractivity contribution in [1.82, 2.24) is 10.2 Å². The van der Waals surface area contributed by atoms with Crippen LogP contribution in [0.4, 0.5) is 0 Å². The lowest BCUT2D eigenvalue weighted by Gasteiger charge is -2.40. The average molecular weight is 299 g/mol. The van der Waals surface area contributed by atoms with Crippen LogP contribution >= 0.6 is 12.4 Å². The summed E-state index contributed by atoms with van der Waals surface area (Å²) in [6.07, 6.45) is 4.94. The number of nitrogens with zero attached hydrogens (tertiary/aromatic N) is 1. The highest BCUT2D eigenvalue weighted by molar-refractivity contribution is 5.85. The first-order valence-corrected chi connectivity index (χ1v) is 8.06. The molecule has 0 aromatic carbocycles. The molecule has 0 aromatic heterocycles. The fourth-order valence-corrected chi connectivity index (χ4v) is 5.28. The predicted molar refractivity (Wildman–Crippen MR) is 81.8 cm³/mol. The second-order valence-corrected chi connectivity index (χ2v) is 7.97. The van der Waals surface area contributed by atoms with E-state index in [1.807, 2.05) is 0 Å². The zero-order valence-electron chi connectivity index (χ0n) is 12.7. The summed E-state index contributed by atoms with van der Waals surface area (Å²) in [5.41, 5.74) is 0.480. The third-order valence-corrected chi connectivity index (χ3v) is 6.87. The molecule has 0 bridgehead atoms. The van der Waals surface area contributed by atoms with E-state index in [1.54, 1.807) is 0 Å². The Morgan fingerprint density at radius 3 is 2.60 bits per heavy atom. The Labute approximate surface area is 128 Å². The van der Waals surface area contributed by atoms with Crippen molar-refractivity contribution in [2.45, 2.75) is 39.5 Å². The molecule has 2 aliphatic heterocycles. The summed E-state index contributed by atoms with van der Waals surface area (Å²) in [6, 6.07) is 0. The quantitative estimate of drug-likeness (QED) is 0.806. The lowest BCUT2D eigenvalue weighted by Crippen LogP contribution is -2.50. The first-order chi connectivity index (χ1) is 9.06. The number of piperidine rings is 1. The highest BCUT2D eigenvalue weighted by Crippen LogP contribution is 2.62. The fourth-order valence-electron chi connectivity index (χ4n) is 5.28. The Kier molecular flexibility index (Phi) is 3.37. The van der Waals surface area contributed by atoms with Gasteiger partial charge in [0.15, 0.2) is 0 Å². The number of amides is 1. The monoisotopic (exact) mass is 298 g/mol. The molecule has 2 aliphatic carbocycles. The van der Waals surface area contributed by atoms with Crippen molar-refractivity contribution < 1.29 is 4.79 Å². The van der Waals surface area contributed by atoms with Gasteiger partial charge in [0.2, 0.25) is 5.91 Å². The van der Waals surface area contributed by atoms with Gasteiger partial charge in [-0.3, -0.25) is 4.79 Å². The number of nitrogens with one attached hydrogen (secondary N) is 1. The number of hydrogen-bond donors (Lipinski definition) is 1. The van der Waals surface area contributed by atoms with Gasteiger partial charge in [-0.05, 0) is 42.6 Å². The number of fused-ring (bicyclic) bond motifs is 2. The number of carbonyl (C=O) groups is 1. The molecule has 1 N–H and O–H groups in total. The molecule has 2 saturated carbocycles. The molecule has 4 aliphatic rings. The van der Waals surface area contributed by atoms with E-state index in [0.717, 1.165) is 44.4 Å². The number of rotatable bonds is 1. The van der Waals surface area contributed by atoms with Crippen LogP contribution in [0, 0.1) is 28.6 Å². The number of carbonyl (C=O) groups excluding carboxylic acids is 1. The maximum atomic E-state index is 13.1. The lowest BCUT2D eigenvalue weighted by molar-refractivity contribution is -0.145. The van der Waals surface area contributed by atoms with Crippen LogP contribution in [-0.4, -0.2) is 37.0 Å². The maximum Gasteiger partial charge on any atom is 0.230 e. The smallest absolute Gasteiger partial charge is 0.230 e. The Morgan fingerprint density at radius 1 is 1.20 bits per heavy atom. The Morgan fingerprint density at radius 2 is 1.90 bits per heavy atom. The summed E-state index contributed by atoms with van der Waals surface area (Å²) in [5.74, 6) is 2.66. The van der Waals surface area contributed by atoms with Gasteiger partial charge in [-0.2, -0.15) is 0 Å². The van der Waals surface area contributed by atoms with Crippen LogP contribution in [0.3, 0.4) is 0 Å². The zero-order valence-corrected chi connectivity index (χ0v) is 13.5. The first kappa shape index (κ1) is 14.6. The minimum atomic E-state index is -0.0286. The van der Waals surface area contributed by atoms with E-state index in [2.05, 4.69) is 24.1 Å². The minimum absolute atomic E-state index is 0. The van der Waals surface area contributed by atoms with E-state index < -0.39 is 0 Å². The Balaban J connectivity index is 0.00000121. The van der Waals surface area contributed by atoms with Gasteiger partial charge >= 0.3 is 0 Å². The van der Waals surface area contributed by atoms with Crippen LogP contribution in [0.1, 0.15) is 39.5 Å². The molecule has 4 fully saturated rings. The molecular formula is C16H27ClN2O. The standard InChI is InChI=1S/C16H26N2O.ClH/c1-15(2)12-8-18(9-13(12)15)14(19)16-6-4-3-5-11(16)7-17-10-16;/h11-13,17H,3-10H2,1-2H3;1H/t11-,12?,13?,16+;/m0./s1. The molecule has 114 valence electrons. The van der Waals surface area contributed by atoms with E-state index in [1.165, 1.54) is 19.3 Å². The fraction of sp³-hybridized carbons (Fsp3) is 0.938. The third-order valence-electron chi connectivity index (χ3n) is 6.87. The second-order valence-electron chi connectivity index (χ2n) is 7.97. The second kappa shape index (κ2) is 4.61. The zero-order chi connectivity index (χ0) is 13.3. The molecule has 2 heterocycles. The van der Waals surface area contributed by atoms with Gasteiger partial charge in [-0.15, -0.1) is 12.4 Å². The van der Waals surface area contributed by atoms with E-state index in [4.69, 9.17) is 0 Å². The molecule has 0 spiro atoms. The Hall–Kier alpha value is -0.280. The van der Waals surface area contributed by atoms with Crippen molar-refractivity contribution in [3.05, 3.63) is 0 Å². The lowest BCUT2D eigenvalue weighted by atomic mass is 9.67. The third kappa shape index (κ3) is 1.78. The van der Waals surface area contributed by atoms with Crippen LogP contribution in [-0.2, 0) is 4.79 Å². The number of likely N-dealkylation sites (tertiary alicyclic amines) is 1. The van der Waals surface area contributed by atoms with Gasteiger partial charge in [0.1, 0.15) is 0 Å². The van der Waals surface area contributed by atoms with Crippen molar-refractivity contribution in [1.29, 1.82) is 0 Å². The van der Waals surface area contributed by atoms with Crippen molar-refractivity contribution >= 4 is 18.3 Å². The molecule has 3 nitrogen and oxygen atoms in total. The van der Waals surface area contributed by atoms with E-state index in [0.29, 0.717) is 17.2 Å². The normalized spacial score (nSPS) is 44.5. The number of halogens is 1. The van der Waals surface area contributed by atoms with E-state index in [-0.39, 0.29) is 17.8 Å². The maximum absolute atomic E-state index is 13.1. The molecule has 4 rings (SSSR count). The van der Waals surface area contributed by atoms with Crippen molar-refractivity contribution in [3.63, 3.8) is 0 Å². The van der Waals surface area contributed by atoms with Gasteiger partial charge in [-0.25, -0.2) is 0 Å². The summed E-state index contributed by atoms with van der Waals surface area (Å²) in [6.45, 7) is 8.80.